The fraction of sp³-hybridized carbons (Fsp3) is 0.500. The van der Waals surface area contributed by atoms with E-state index in [-0.39, 0.29) is 21.9 Å². The second kappa shape index (κ2) is 6.07. The molecule has 1 amide bonds. The molecule has 1 aliphatic rings. The van der Waals surface area contributed by atoms with Crippen LogP contribution in [0.5, 0.6) is 0 Å². The van der Waals surface area contributed by atoms with Crippen molar-refractivity contribution in [1.82, 2.24) is 14.6 Å². The van der Waals surface area contributed by atoms with Crippen molar-refractivity contribution in [2.24, 2.45) is 5.92 Å². The zero-order valence-corrected chi connectivity index (χ0v) is 12.6. The Balaban J connectivity index is 2.11. The van der Waals surface area contributed by atoms with Gasteiger partial charge in [-0.1, -0.05) is 11.6 Å². The lowest BCUT2D eigenvalue weighted by atomic mass is 9.97. The van der Waals surface area contributed by atoms with Crippen molar-refractivity contribution in [3.8, 4) is 0 Å². The Labute approximate surface area is 123 Å². The summed E-state index contributed by atoms with van der Waals surface area (Å²) >= 11 is 5.73. The summed E-state index contributed by atoms with van der Waals surface area (Å²) in [6.07, 6.45) is 2.42. The maximum atomic E-state index is 12.4. The van der Waals surface area contributed by atoms with E-state index in [1.807, 2.05) is 0 Å². The van der Waals surface area contributed by atoms with Gasteiger partial charge in [0.25, 0.3) is 0 Å². The average molecular weight is 318 g/mol. The van der Waals surface area contributed by atoms with Crippen molar-refractivity contribution in [2.45, 2.75) is 17.7 Å². The van der Waals surface area contributed by atoms with Crippen molar-refractivity contribution in [2.75, 3.05) is 20.1 Å². The maximum Gasteiger partial charge on any atom is 0.243 e. The molecule has 0 aromatic carbocycles. The third kappa shape index (κ3) is 3.11. The van der Waals surface area contributed by atoms with Crippen LogP contribution in [0.1, 0.15) is 12.8 Å². The summed E-state index contributed by atoms with van der Waals surface area (Å²) in [6, 6.07) is 2.76. The number of carbonyl (C=O) groups is 1. The molecule has 0 atom stereocenters. The van der Waals surface area contributed by atoms with E-state index in [1.54, 1.807) is 7.05 Å². The Bertz CT molecular complexity index is 598. The van der Waals surface area contributed by atoms with E-state index in [4.69, 9.17) is 11.6 Å². The van der Waals surface area contributed by atoms with Crippen molar-refractivity contribution in [3.05, 3.63) is 23.5 Å². The molecule has 0 spiro atoms. The molecule has 0 aliphatic carbocycles. The number of halogens is 1. The Morgan fingerprint density at radius 3 is 2.65 bits per heavy atom. The second-order valence-electron chi connectivity index (χ2n) is 4.61. The van der Waals surface area contributed by atoms with Gasteiger partial charge in [0, 0.05) is 32.3 Å². The molecule has 1 aromatic rings. The predicted molar refractivity (Wildman–Crippen MR) is 74.8 cm³/mol. The van der Waals surface area contributed by atoms with Gasteiger partial charge in [0.05, 0.1) is 4.90 Å². The first-order valence-electron chi connectivity index (χ1n) is 6.28. The lowest BCUT2D eigenvalue weighted by Gasteiger charge is -2.30. The fourth-order valence-electron chi connectivity index (χ4n) is 2.26. The molecule has 1 fully saturated rings. The SMILES string of the molecule is CNC(=O)C1CCN(S(=O)(=O)c2ccnc(Cl)c2)CC1. The third-order valence-electron chi connectivity index (χ3n) is 3.41. The lowest BCUT2D eigenvalue weighted by molar-refractivity contribution is -0.125. The van der Waals surface area contributed by atoms with Gasteiger partial charge in [-0.25, -0.2) is 13.4 Å². The Kier molecular flexibility index (Phi) is 4.62. The van der Waals surface area contributed by atoms with Crippen molar-refractivity contribution < 1.29 is 13.2 Å². The number of amides is 1. The van der Waals surface area contributed by atoms with E-state index in [1.165, 1.54) is 22.6 Å². The topological polar surface area (TPSA) is 79.4 Å². The van der Waals surface area contributed by atoms with Crippen LogP contribution in [0.15, 0.2) is 23.2 Å². The van der Waals surface area contributed by atoms with Crippen LogP contribution in [0.25, 0.3) is 0 Å². The summed E-state index contributed by atoms with van der Waals surface area (Å²) in [4.78, 5) is 15.4. The van der Waals surface area contributed by atoms with Gasteiger partial charge in [-0.15, -0.1) is 0 Å². The quantitative estimate of drug-likeness (QED) is 0.839. The molecule has 0 unspecified atom stereocenters. The van der Waals surface area contributed by atoms with Crippen LogP contribution in [-0.2, 0) is 14.8 Å². The minimum atomic E-state index is -3.56. The van der Waals surface area contributed by atoms with Gasteiger partial charge in [-0.2, -0.15) is 4.31 Å². The number of sulfonamides is 1. The summed E-state index contributed by atoms with van der Waals surface area (Å²) in [7, 11) is -1.98. The number of hydrogen-bond donors (Lipinski definition) is 1. The zero-order valence-electron chi connectivity index (χ0n) is 11.0. The van der Waals surface area contributed by atoms with Crippen LogP contribution in [0.3, 0.4) is 0 Å². The molecule has 2 rings (SSSR count). The number of rotatable bonds is 3. The maximum absolute atomic E-state index is 12.4. The Morgan fingerprint density at radius 2 is 2.10 bits per heavy atom. The Hall–Kier alpha value is -1.18. The number of aromatic nitrogens is 1. The number of pyridine rings is 1. The van der Waals surface area contributed by atoms with Crippen LogP contribution in [0.4, 0.5) is 0 Å². The summed E-state index contributed by atoms with van der Waals surface area (Å²) < 4.78 is 26.2. The second-order valence-corrected chi connectivity index (χ2v) is 6.93. The van der Waals surface area contributed by atoms with Gasteiger partial charge in [-0.05, 0) is 25.0 Å². The molecule has 0 saturated carbocycles. The van der Waals surface area contributed by atoms with Gasteiger partial charge in [-0.3, -0.25) is 4.79 Å². The summed E-state index contributed by atoms with van der Waals surface area (Å²) in [6.45, 7) is 0.667. The number of nitrogens with one attached hydrogen (secondary N) is 1. The van der Waals surface area contributed by atoms with E-state index in [0.29, 0.717) is 25.9 Å². The van der Waals surface area contributed by atoms with Crippen molar-refractivity contribution >= 4 is 27.5 Å². The van der Waals surface area contributed by atoms with E-state index in [2.05, 4.69) is 10.3 Å². The van der Waals surface area contributed by atoms with Gasteiger partial charge in [0.15, 0.2) is 0 Å². The number of hydrogen-bond acceptors (Lipinski definition) is 4. The molecule has 110 valence electrons. The highest BCUT2D eigenvalue weighted by Crippen LogP contribution is 2.24. The molecule has 1 saturated heterocycles. The molecule has 20 heavy (non-hydrogen) atoms. The molecule has 6 nitrogen and oxygen atoms in total. The molecular weight excluding hydrogens is 302 g/mol. The highest BCUT2D eigenvalue weighted by molar-refractivity contribution is 7.89. The molecule has 1 aliphatic heterocycles. The van der Waals surface area contributed by atoms with Crippen LogP contribution < -0.4 is 5.32 Å². The molecule has 0 bridgehead atoms. The van der Waals surface area contributed by atoms with E-state index in [9.17, 15) is 13.2 Å². The summed E-state index contributed by atoms with van der Waals surface area (Å²) in [5, 5.41) is 2.74. The van der Waals surface area contributed by atoms with Gasteiger partial charge in [0.1, 0.15) is 5.15 Å². The standard InChI is InChI=1S/C12H16ClN3O3S/c1-14-12(17)9-3-6-16(7-4-9)20(18,19)10-2-5-15-11(13)8-10/h2,5,8-9H,3-4,6-7H2,1H3,(H,14,17). The first-order valence-corrected chi connectivity index (χ1v) is 8.10. The molecule has 8 heteroatoms. The minimum Gasteiger partial charge on any atom is -0.359 e. The molecule has 2 heterocycles. The predicted octanol–water partition coefficient (Wildman–Crippen LogP) is 0.882. The first-order chi connectivity index (χ1) is 9.45. The van der Waals surface area contributed by atoms with Crippen molar-refractivity contribution in [3.63, 3.8) is 0 Å². The third-order valence-corrected chi connectivity index (χ3v) is 5.51. The Morgan fingerprint density at radius 1 is 1.45 bits per heavy atom. The van der Waals surface area contributed by atoms with E-state index < -0.39 is 10.0 Å². The highest BCUT2D eigenvalue weighted by atomic mass is 35.5. The van der Waals surface area contributed by atoms with E-state index in [0.717, 1.165) is 0 Å². The first kappa shape index (κ1) is 15.2. The molecule has 1 aromatic heterocycles. The smallest absolute Gasteiger partial charge is 0.243 e. The molecule has 0 radical (unpaired) electrons. The fourth-order valence-corrected chi connectivity index (χ4v) is 3.98. The number of carbonyl (C=O) groups excluding carboxylic acids is 1. The largest absolute Gasteiger partial charge is 0.359 e. The minimum absolute atomic E-state index is 0.0333. The molecule has 1 N–H and O–H groups in total. The summed E-state index contributed by atoms with van der Waals surface area (Å²) in [5.74, 6) is -0.151. The van der Waals surface area contributed by atoms with Crippen LogP contribution in [-0.4, -0.2) is 43.8 Å². The van der Waals surface area contributed by atoms with Crippen LogP contribution in [0.2, 0.25) is 5.15 Å². The van der Waals surface area contributed by atoms with E-state index >= 15 is 0 Å². The average Bonchev–Trinajstić information content (AvgIpc) is 2.46. The van der Waals surface area contributed by atoms with Gasteiger partial charge in [0.2, 0.25) is 15.9 Å². The summed E-state index contributed by atoms with van der Waals surface area (Å²) in [5.41, 5.74) is 0. The monoisotopic (exact) mass is 317 g/mol. The van der Waals surface area contributed by atoms with Crippen molar-refractivity contribution in [1.29, 1.82) is 0 Å². The van der Waals surface area contributed by atoms with Crippen LogP contribution in [0, 0.1) is 5.92 Å². The zero-order chi connectivity index (χ0) is 14.8. The molecular formula is C12H16ClN3O3S. The normalized spacial score (nSPS) is 17.9. The van der Waals surface area contributed by atoms with Gasteiger partial charge >= 0.3 is 0 Å². The van der Waals surface area contributed by atoms with Gasteiger partial charge < -0.3 is 5.32 Å². The van der Waals surface area contributed by atoms with Crippen LogP contribution >= 0.6 is 11.6 Å². The number of piperidine rings is 1. The number of nitrogens with zero attached hydrogens (tertiary/aromatic N) is 2. The lowest BCUT2D eigenvalue weighted by Crippen LogP contribution is -2.42. The highest BCUT2D eigenvalue weighted by Gasteiger charge is 2.31.